The summed E-state index contributed by atoms with van der Waals surface area (Å²) in [4.78, 5) is 12.2. The second-order valence-corrected chi connectivity index (χ2v) is 4.22. The number of amides is 1. The van der Waals surface area contributed by atoms with Crippen molar-refractivity contribution in [1.29, 1.82) is 5.26 Å². The molecule has 1 N–H and O–H groups in total. The molecule has 0 aliphatic rings. The van der Waals surface area contributed by atoms with Gasteiger partial charge in [0.1, 0.15) is 11.6 Å². The minimum atomic E-state index is -0.346. The van der Waals surface area contributed by atoms with Crippen LogP contribution in [-0.4, -0.2) is 25.3 Å². The van der Waals surface area contributed by atoms with E-state index in [1.165, 1.54) is 10.9 Å². The van der Waals surface area contributed by atoms with Gasteiger partial charge < -0.3 is 5.32 Å². The molecule has 7 nitrogen and oxygen atoms in total. The van der Waals surface area contributed by atoms with Crippen LogP contribution in [0, 0.1) is 11.3 Å². The van der Waals surface area contributed by atoms with E-state index in [0.717, 1.165) is 0 Å². The Morgan fingerprint density at radius 3 is 3.10 bits per heavy atom. The fourth-order valence-electron chi connectivity index (χ4n) is 1.95. The second kappa shape index (κ2) is 4.51. The fourth-order valence-corrected chi connectivity index (χ4v) is 1.95. The molecule has 0 fully saturated rings. The van der Waals surface area contributed by atoms with Crippen molar-refractivity contribution in [3.63, 3.8) is 0 Å². The van der Waals surface area contributed by atoms with E-state index >= 15 is 0 Å². The molecule has 0 aliphatic carbocycles. The van der Waals surface area contributed by atoms with E-state index in [2.05, 4.69) is 15.5 Å². The standard InChI is InChI=1S/C13H10N6O/c1-18-8-9(6-14)12(17-18)16-13(20)10-7-15-19-5-3-2-4-11(10)19/h2-5,7-8H,1H3,(H,16,17,20). The van der Waals surface area contributed by atoms with Crippen LogP contribution in [-0.2, 0) is 7.05 Å². The summed E-state index contributed by atoms with van der Waals surface area (Å²) in [6.07, 6.45) is 4.79. The molecule has 0 aliphatic heterocycles. The molecular weight excluding hydrogens is 256 g/mol. The Kier molecular flexibility index (Phi) is 2.69. The topological polar surface area (TPSA) is 88.0 Å². The maximum Gasteiger partial charge on any atom is 0.260 e. The zero-order chi connectivity index (χ0) is 14.1. The van der Waals surface area contributed by atoms with Crippen molar-refractivity contribution < 1.29 is 4.79 Å². The van der Waals surface area contributed by atoms with E-state index in [1.54, 1.807) is 30.0 Å². The van der Waals surface area contributed by atoms with Gasteiger partial charge in [-0.15, -0.1) is 0 Å². The summed E-state index contributed by atoms with van der Waals surface area (Å²) < 4.78 is 3.09. The summed E-state index contributed by atoms with van der Waals surface area (Å²) in [5.41, 5.74) is 1.44. The van der Waals surface area contributed by atoms with Crippen LogP contribution in [0.1, 0.15) is 15.9 Å². The Balaban J connectivity index is 1.95. The number of anilines is 1. The third-order valence-corrected chi connectivity index (χ3v) is 2.85. The molecule has 0 saturated heterocycles. The van der Waals surface area contributed by atoms with E-state index < -0.39 is 0 Å². The first-order valence-electron chi connectivity index (χ1n) is 5.86. The normalized spacial score (nSPS) is 10.4. The number of aromatic nitrogens is 4. The van der Waals surface area contributed by atoms with Gasteiger partial charge in [-0.3, -0.25) is 9.48 Å². The van der Waals surface area contributed by atoms with Crippen LogP contribution >= 0.6 is 0 Å². The van der Waals surface area contributed by atoms with Crippen LogP contribution in [0.3, 0.4) is 0 Å². The molecular formula is C13H10N6O. The first-order chi connectivity index (χ1) is 9.69. The lowest BCUT2D eigenvalue weighted by Crippen LogP contribution is -2.13. The summed E-state index contributed by atoms with van der Waals surface area (Å²) in [5.74, 6) is -0.100. The molecule has 3 aromatic heterocycles. The zero-order valence-corrected chi connectivity index (χ0v) is 10.6. The third-order valence-electron chi connectivity index (χ3n) is 2.85. The average molecular weight is 266 g/mol. The number of rotatable bonds is 2. The number of fused-ring (bicyclic) bond motifs is 1. The molecule has 0 saturated carbocycles. The number of nitrogens with zero attached hydrogens (tertiary/aromatic N) is 5. The van der Waals surface area contributed by atoms with Crippen LogP contribution in [0.5, 0.6) is 0 Å². The average Bonchev–Trinajstić information content (AvgIpc) is 3.02. The van der Waals surface area contributed by atoms with Crippen LogP contribution < -0.4 is 5.32 Å². The van der Waals surface area contributed by atoms with Crippen molar-refractivity contribution in [3.8, 4) is 6.07 Å². The van der Waals surface area contributed by atoms with E-state index in [-0.39, 0.29) is 11.7 Å². The monoisotopic (exact) mass is 266 g/mol. The SMILES string of the molecule is Cn1cc(C#N)c(NC(=O)c2cnn3ccccc23)n1. The lowest BCUT2D eigenvalue weighted by molar-refractivity contribution is 0.102. The van der Waals surface area contributed by atoms with Gasteiger partial charge in [0.15, 0.2) is 5.82 Å². The quantitative estimate of drug-likeness (QED) is 0.754. The van der Waals surface area contributed by atoms with Crippen molar-refractivity contribution in [1.82, 2.24) is 19.4 Å². The van der Waals surface area contributed by atoms with Gasteiger partial charge in [0.2, 0.25) is 0 Å². The molecule has 7 heteroatoms. The van der Waals surface area contributed by atoms with Gasteiger partial charge in [-0.2, -0.15) is 15.5 Å². The Morgan fingerprint density at radius 2 is 2.30 bits per heavy atom. The van der Waals surface area contributed by atoms with Gasteiger partial charge in [-0.25, -0.2) is 4.52 Å². The van der Waals surface area contributed by atoms with Crippen molar-refractivity contribution in [2.24, 2.45) is 7.05 Å². The highest BCUT2D eigenvalue weighted by atomic mass is 16.1. The number of nitriles is 1. The first-order valence-corrected chi connectivity index (χ1v) is 5.86. The van der Waals surface area contributed by atoms with Crippen LogP contribution in [0.4, 0.5) is 5.82 Å². The van der Waals surface area contributed by atoms with Crippen molar-refractivity contribution in [2.75, 3.05) is 5.32 Å². The highest BCUT2D eigenvalue weighted by Gasteiger charge is 2.16. The number of pyridine rings is 1. The predicted octanol–water partition coefficient (Wildman–Crippen LogP) is 1.19. The molecule has 20 heavy (non-hydrogen) atoms. The highest BCUT2D eigenvalue weighted by Crippen LogP contribution is 2.15. The van der Waals surface area contributed by atoms with Gasteiger partial charge in [-0.05, 0) is 12.1 Å². The minimum absolute atomic E-state index is 0.246. The van der Waals surface area contributed by atoms with E-state index in [1.807, 2.05) is 18.2 Å². The summed E-state index contributed by atoms with van der Waals surface area (Å²) >= 11 is 0. The molecule has 0 aromatic carbocycles. The summed E-state index contributed by atoms with van der Waals surface area (Å²) in [7, 11) is 1.69. The molecule has 3 heterocycles. The number of carbonyl (C=O) groups is 1. The third kappa shape index (κ3) is 1.89. The Bertz CT molecular complexity index is 838. The van der Waals surface area contributed by atoms with E-state index in [9.17, 15) is 4.79 Å². The van der Waals surface area contributed by atoms with Gasteiger partial charge >= 0.3 is 0 Å². The molecule has 0 atom stereocenters. The van der Waals surface area contributed by atoms with Gasteiger partial charge in [0.05, 0.1) is 17.3 Å². The molecule has 0 spiro atoms. The molecule has 1 amide bonds. The zero-order valence-electron chi connectivity index (χ0n) is 10.6. The second-order valence-electron chi connectivity index (χ2n) is 4.22. The minimum Gasteiger partial charge on any atom is -0.304 e. The van der Waals surface area contributed by atoms with Crippen LogP contribution in [0.25, 0.3) is 5.52 Å². The first kappa shape index (κ1) is 11.9. The molecule has 0 bridgehead atoms. The number of carbonyl (C=O) groups excluding carboxylic acids is 1. The molecule has 0 radical (unpaired) electrons. The lowest BCUT2D eigenvalue weighted by Gasteiger charge is -2.00. The van der Waals surface area contributed by atoms with E-state index in [0.29, 0.717) is 16.6 Å². The summed E-state index contributed by atoms with van der Waals surface area (Å²) in [6.45, 7) is 0. The Hall–Kier alpha value is -3.14. The maximum atomic E-state index is 12.2. The molecule has 3 aromatic rings. The smallest absolute Gasteiger partial charge is 0.260 e. The largest absolute Gasteiger partial charge is 0.304 e. The number of hydrogen-bond acceptors (Lipinski definition) is 4. The number of hydrogen-bond donors (Lipinski definition) is 1. The van der Waals surface area contributed by atoms with Crippen LogP contribution in [0.2, 0.25) is 0 Å². The highest BCUT2D eigenvalue weighted by molar-refractivity contribution is 6.08. The van der Waals surface area contributed by atoms with Crippen LogP contribution in [0.15, 0.2) is 36.8 Å². The summed E-state index contributed by atoms with van der Waals surface area (Å²) in [5, 5.41) is 19.7. The lowest BCUT2D eigenvalue weighted by atomic mass is 10.2. The molecule has 3 rings (SSSR count). The summed E-state index contributed by atoms with van der Waals surface area (Å²) in [6, 6.07) is 7.44. The van der Waals surface area contributed by atoms with Gasteiger partial charge in [0, 0.05) is 19.4 Å². The van der Waals surface area contributed by atoms with E-state index in [4.69, 9.17) is 5.26 Å². The molecule has 98 valence electrons. The number of aryl methyl sites for hydroxylation is 1. The fraction of sp³-hybridized carbons (Fsp3) is 0.0769. The number of nitrogens with one attached hydrogen (secondary N) is 1. The predicted molar refractivity (Wildman–Crippen MR) is 71.1 cm³/mol. The van der Waals surface area contributed by atoms with Gasteiger partial charge in [0.25, 0.3) is 5.91 Å². The molecule has 0 unspecified atom stereocenters. The Labute approximate surface area is 114 Å². The maximum absolute atomic E-state index is 12.2. The van der Waals surface area contributed by atoms with Crippen molar-refractivity contribution >= 4 is 17.2 Å². The Morgan fingerprint density at radius 1 is 1.45 bits per heavy atom. The van der Waals surface area contributed by atoms with Crippen molar-refractivity contribution in [3.05, 3.63) is 47.9 Å². The van der Waals surface area contributed by atoms with Crippen molar-refractivity contribution in [2.45, 2.75) is 0 Å². The van der Waals surface area contributed by atoms with Gasteiger partial charge in [-0.1, -0.05) is 6.07 Å².